The molecule has 4 rings (SSSR count). The van der Waals surface area contributed by atoms with E-state index in [0.29, 0.717) is 36.2 Å². The summed E-state index contributed by atoms with van der Waals surface area (Å²) in [5, 5.41) is 3.90. The van der Waals surface area contributed by atoms with Crippen molar-refractivity contribution in [3.8, 4) is 0 Å². The third-order valence-corrected chi connectivity index (χ3v) is 8.31. The highest BCUT2D eigenvalue weighted by Gasteiger charge is 2.59. The number of nitrogens with zero attached hydrogens (tertiary/aromatic N) is 4. The van der Waals surface area contributed by atoms with Crippen molar-refractivity contribution in [2.45, 2.75) is 26.2 Å². The van der Waals surface area contributed by atoms with Gasteiger partial charge >= 0.3 is 0 Å². The molecule has 2 atom stereocenters. The van der Waals surface area contributed by atoms with Crippen molar-refractivity contribution < 1.29 is 17.7 Å². The largest absolute Gasteiger partial charge is 0.339 e. The van der Waals surface area contributed by atoms with Gasteiger partial charge in [-0.05, 0) is 32.9 Å². The van der Waals surface area contributed by atoms with E-state index in [2.05, 4.69) is 10.1 Å². The second kappa shape index (κ2) is 6.39. The topological polar surface area (TPSA) is 96.6 Å². The lowest BCUT2D eigenvalue weighted by molar-refractivity contribution is 0.0777. The average Bonchev–Trinajstić information content (AvgIpc) is 3.36. The van der Waals surface area contributed by atoms with Crippen LogP contribution in [0.15, 0.2) is 16.7 Å². The predicted octanol–water partition coefficient (Wildman–Crippen LogP) is 1.42. The van der Waals surface area contributed by atoms with E-state index < -0.39 is 15.4 Å². The van der Waals surface area contributed by atoms with E-state index >= 15 is 0 Å². The van der Waals surface area contributed by atoms with Crippen molar-refractivity contribution in [3.63, 3.8) is 0 Å². The molecule has 4 heterocycles. The monoisotopic (exact) mass is 410 g/mol. The highest BCUT2D eigenvalue weighted by Crippen LogP contribution is 2.45. The maximum absolute atomic E-state index is 12.9. The summed E-state index contributed by atoms with van der Waals surface area (Å²) in [7, 11) is -3.32. The first-order valence-corrected chi connectivity index (χ1v) is 11.3. The van der Waals surface area contributed by atoms with Crippen LogP contribution in [0.4, 0.5) is 0 Å². The third kappa shape index (κ3) is 2.99. The Hall–Kier alpha value is -1.78. The van der Waals surface area contributed by atoms with Gasteiger partial charge < -0.3 is 9.42 Å². The summed E-state index contributed by atoms with van der Waals surface area (Å²) in [6.45, 7) is 6.84. The Bertz CT molecular complexity index is 983. The highest BCUT2D eigenvalue weighted by molar-refractivity contribution is 7.89. The predicted molar refractivity (Wildman–Crippen MR) is 100 cm³/mol. The lowest BCUT2D eigenvalue weighted by atomic mass is 9.81. The number of hydrogen-bond acceptors (Lipinski definition) is 7. The van der Waals surface area contributed by atoms with Gasteiger partial charge in [-0.1, -0.05) is 5.16 Å². The molecule has 10 heteroatoms. The summed E-state index contributed by atoms with van der Waals surface area (Å²) in [5.74, 6) is 0.896. The van der Waals surface area contributed by atoms with Crippen LogP contribution < -0.4 is 0 Å². The van der Waals surface area contributed by atoms with Gasteiger partial charge in [0.05, 0.1) is 16.0 Å². The van der Waals surface area contributed by atoms with Crippen molar-refractivity contribution in [1.29, 1.82) is 0 Å². The second-order valence-electron chi connectivity index (χ2n) is 7.29. The number of carbonyl (C=O) groups excluding carboxylic acids is 1. The number of aromatic nitrogens is 2. The fraction of sp³-hybridized carbons (Fsp3) is 0.588. The van der Waals surface area contributed by atoms with Gasteiger partial charge in [-0.2, -0.15) is 4.98 Å². The summed E-state index contributed by atoms with van der Waals surface area (Å²) < 4.78 is 31.8. The first-order chi connectivity index (χ1) is 12.7. The SMILES string of the molecule is CCS(=O)(=O)N1C[C@@H]2CN(C(=O)c3ccc(C)s3)C[C@]2(c2nc(C)no2)C1. The smallest absolute Gasteiger partial charge is 0.263 e. The third-order valence-electron chi connectivity index (χ3n) is 5.53. The lowest BCUT2D eigenvalue weighted by Gasteiger charge is -2.25. The quantitative estimate of drug-likeness (QED) is 0.756. The fourth-order valence-electron chi connectivity index (χ4n) is 4.08. The number of sulfonamides is 1. The van der Waals surface area contributed by atoms with Crippen LogP contribution in [0, 0.1) is 19.8 Å². The maximum atomic E-state index is 12.9. The molecule has 0 aliphatic carbocycles. The van der Waals surface area contributed by atoms with E-state index in [4.69, 9.17) is 4.52 Å². The summed E-state index contributed by atoms with van der Waals surface area (Å²) in [5.41, 5.74) is -0.647. The number of aryl methyl sites for hydroxylation is 2. The van der Waals surface area contributed by atoms with E-state index in [1.165, 1.54) is 15.6 Å². The highest BCUT2D eigenvalue weighted by atomic mass is 32.2. The Morgan fingerprint density at radius 3 is 2.70 bits per heavy atom. The minimum atomic E-state index is -3.32. The van der Waals surface area contributed by atoms with E-state index in [0.717, 1.165) is 4.88 Å². The van der Waals surface area contributed by atoms with Crippen molar-refractivity contribution in [1.82, 2.24) is 19.3 Å². The lowest BCUT2D eigenvalue weighted by Crippen LogP contribution is -2.41. The minimum Gasteiger partial charge on any atom is -0.339 e. The molecule has 0 N–H and O–H groups in total. The summed E-state index contributed by atoms with van der Waals surface area (Å²) in [6, 6.07) is 3.77. The van der Waals surface area contributed by atoms with Crippen LogP contribution in [0.5, 0.6) is 0 Å². The first-order valence-electron chi connectivity index (χ1n) is 8.89. The summed E-state index contributed by atoms with van der Waals surface area (Å²) >= 11 is 1.47. The Labute approximate surface area is 162 Å². The van der Waals surface area contributed by atoms with Gasteiger partial charge in [0.25, 0.3) is 5.91 Å². The van der Waals surface area contributed by atoms with Gasteiger partial charge in [0.15, 0.2) is 5.82 Å². The average molecular weight is 411 g/mol. The molecule has 0 spiro atoms. The van der Waals surface area contributed by atoms with Gasteiger partial charge in [0, 0.05) is 37.0 Å². The van der Waals surface area contributed by atoms with Crippen molar-refractivity contribution in [2.75, 3.05) is 31.9 Å². The van der Waals surface area contributed by atoms with Crippen LogP contribution in [0.1, 0.15) is 33.2 Å². The van der Waals surface area contributed by atoms with Crippen molar-refractivity contribution in [2.24, 2.45) is 5.92 Å². The number of hydrogen-bond donors (Lipinski definition) is 0. The molecule has 0 unspecified atom stereocenters. The van der Waals surface area contributed by atoms with Crippen LogP contribution in [0.25, 0.3) is 0 Å². The Morgan fingerprint density at radius 1 is 1.33 bits per heavy atom. The van der Waals surface area contributed by atoms with Crippen molar-refractivity contribution >= 4 is 27.3 Å². The number of amides is 1. The normalized spacial score (nSPS) is 25.9. The number of carbonyl (C=O) groups is 1. The maximum Gasteiger partial charge on any atom is 0.263 e. The molecule has 2 saturated heterocycles. The van der Waals surface area contributed by atoms with Crippen LogP contribution >= 0.6 is 11.3 Å². The first kappa shape index (κ1) is 18.6. The molecule has 2 aromatic rings. The van der Waals surface area contributed by atoms with Gasteiger partial charge in [-0.3, -0.25) is 4.79 Å². The molecule has 27 heavy (non-hydrogen) atoms. The molecule has 8 nitrogen and oxygen atoms in total. The summed E-state index contributed by atoms with van der Waals surface area (Å²) in [4.78, 5) is 20.9. The fourth-order valence-corrected chi connectivity index (χ4v) is 6.11. The van der Waals surface area contributed by atoms with Crippen LogP contribution in [0.2, 0.25) is 0 Å². The van der Waals surface area contributed by atoms with Crippen LogP contribution in [-0.2, 0) is 15.4 Å². The van der Waals surface area contributed by atoms with Gasteiger partial charge in [0.1, 0.15) is 0 Å². The second-order valence-corrected chi connectivity index (χ2v) is 10.8. The van der Waals surface area contributed by atoms with E-state index in [1.807, 2.05) is 19.1 Å². The number of rotatable bonds is 4. The standard InChI is InChI=1S/C17H22N4O4S2/c1-4-27(23,24)21-8-13-7-20(15(22)14-6-5-11(2)26-14)9-17(13,10-21)16-18-12(3)19-25-16/h5-6,13H,4,7-10H2,1-3H3/t13-,17-/m0/s1. The Morgan fingerprint density at radius 2 is 2.11 bits per heavy atom. The van der Waals surface area contributed by atoms with E-state index in [1.54, 1.807) is 18.7 Å². The zero-order valence-corrected chi connectivity index (χ0v) is 17.1. The minimum absolute atomic E-state index is 0.0250. The van der Waals surface area contributed by atoms with Crippen molar-refractivity contribution in [3.05, 3.63) is 33.6 Å². The Kier molecular flexibility index (Phi) is 4.39. The number of thiophene rings is 1. The molecule has 0 bridgehead atoms. The zero-order chi connectivity index (χ0) is 19.4. The molecule has 2 aliphatic rings. The Balaban J connectivity index is 1.67. The van der Waals surface area contributed by atoms with Gasteiger partial charge in [0.2, 0.25) is 15.9 Å². The van der Waals surface area contributed by atoms with Gasteiger partial charge in [-0.25, -0.2) is 12.7 Å². The summed E-state index contributed by atoms with van der Waals surface area (Å²) in [6.07, 6.45) is 0. The number of likely N-dealkylation sites (tertiary alicyclic amines) is 1. The molecule has 2 fully saturated rings. The van der Waals surface area contributed by atoms with E-state index in [-0.39, 0.29) is 24.1 Å². The van der Waals surface area contributed by atoms with Gasteiger partial charge in [-0.15, -0.1) is 11.3 Å². The van der Waals surface area contributed by atoms with Crippen LogP contribution in [0.3, 0.4) is 0 Å². The molecular formula is C17H22N4O4S2. The molecule has 146 valence electrons. The molecular weight excluding hydrogens is 388 g/mol. The van der Waals surface area contributed by atoms with Crippen LogP contribution in [-0.4, -0.2) is 65.6 Å². The molecule has 2 aliphatic heterocycles. The molecule has 0 aromatic carbocycles. The molecule has 1 amide bonds. The molecule has 0 saturated carbocycles. The molecule has 2 aromatic heterocycles. The number of fused-ring (bicyclic) bond motifs is 1. The zero-order valence-electron chi connectivity index (χ0n) is 15.5. The molecule has 0 radical (unpaired) electrons. The van der Waals surface area contributed by atoms with E-state index in [9.17, 15) is 13.2 Å².